The van der Waals surface area contributed by atoms with E-state index in [0.717, 1.165) is 21.6 Å². The van der Waals surface area contributed by atoms with Crippen LogP contribution in [-0.4, -0.2) is 68.0 Å². The summed E-state index contributed by atoms with van der Waals surface area (Å²) in [4.78, 5) is 39.5. The van der Waals surface area contributed by atoms with E-state index in [1.54, 1.807) is 81.4 Å². The molecule has 0 aliphatic rings. The number of carbonyl (C=O) groups is 3. The minimum atomic E-state index is -3.91. The van der Waals surface area contributed by atoms with Gasteiger partial charge in [0.15, 0.2) is 0 Å². The third-order valence-electron chi connectivity index (χ3n) is 6.67. The summed E-state index contributed by atoms with van der Waals surface area (Å²) in [6, 6.07) is 21.8. The molecular weight excluding hydrogens is 618 g/mol. The maximum atomic E-state index is 13.3. The molecule has 0 aliphatic carbocycles. The number of nitrogens with one attached hydrogen (secondary N) is 3. The number of ether oxygens (including phenoxy) is 1. The number of benzene rings is 3. The van der Waals surface area contributed by atoms with Gasteiger partial charge in [-0.3, -0.25) is 14.9 Å². The Hall–Kier alpha value is -5.20. The van der Waals surface area contributed by atoms with Crippen LogP contribution < -0.4 is 16.0 Å². The third-order valence-corrected chi connectivity index (χ3v) is 8.32. The lowest BCUT2D eigenvalue weighted by Crippen LogP contribution is -2.31. The van der Waals surface area contributed by atoms with Crippen LogP contribution in [0.5, 0.6) is 0 Å². The number of aromatic nitrogens is 1. The molecule has 3 amide bonds. The lowest BCUT2D eigenvalue weighted by molar-refractivity contribution is -0.111. The van der Waals surface area contributed by atoms with E-state index in [1.165, 1.54) is 36.7 Å². The Kier molecular flexibility index (Phi) is 11.0. The highest BCUT2D eigenvalue weighted by atomic mass is 32.2. The van der Waals surface area contributed by atoms with Crippen LogP contribution >= 0.6 is 0 Å². The molecule has 11 nitrogen and oxygen atoms in total. The lowest BCUT2D eigenvalue weighted by atomic mass is 10.0. The molecule has 3 N–H and O–H groups in total. The van der Waals surface area contributed by atoms with Gasteiger partial charge in [-0.05, 0) is 100 Å². The number of nitrogens with zero attached hydrogens (tertiary/aromatic N) is 2. The van der Waals surface area contributed by atoms with Gasteiger partial charge in [0, 0.05) is 37.1 Å². The zero-order valence-electron chi connectivity index (χ0n) is 27.0. The van der Waals surface area contributed by atoms with E-state index in [9.17, 15) is 22.8 Å². The highest BCUT2D eigenvalue weighted by Crippen LogP contribution is 2.25. The Morgan fingerprint density at radius 2 is 1.55 bits per heavy atom. The van der Waals surface area contributed by atoms with Crippen LogP contribution in [0.25, 0.3) is 17.2 Å². The summed E-state index contributed by atoms with van der Waals surface area (Å²) in [5.74, 6) is -0.660. The van der Waals surface area contributed by atoms with Crippen molar-refractivity contribution in [3.05, 3.63) is 108 Å². The van der Waals surface area contributed by atoms with Gasteiger partial charge in [0.2, 0.25) is 5.91 Å². The quantitative estimate of drug-likeness (QED) is 0.176. The summed E-state index contributed by atoms with van der Waals surface area (Å²) < 4.78 is 33.0. The fraction of sp³-hybridized carbons (Fsp3) is 0.229. The molecule has 0 fully saturated rings. The van der Waals surface area contributed by atoms with Gasteiger partial charge in [0.05, 0.1) is 16.3 Å². The number of amides is 3. The van der Waals surface area contributed by atoms with Gasteiger partial charge in [-0.15, -0.1) is 0 Å². The topological polar surface area (TPSA) is 139 Å². The van der Waals surface area contributed by atoms with E-state index in [0.29, 0.717) is 29.0 Å². The molecule has 1 heterocycles. The predicted octanol–water partition coefficient (Wildman–Crippen LogP) is 5.68. The average molecular weight is 658 g/mol. The van der Waals surface area contributed by atoms with Crippen molar-refractivity contribution < 1.29 is 27.5 Å². The molecule has 0 atom stereocenters. The molecule has 3 aromatic carbocycles. The number of hydrogen-bond acceptors (Lipinski definition) is 7. The Balaban J connectivity index is 1.40. The standard InChI is InChI=1S/C35H39N5O6S/c1-35(2,3)46-34(43)38-31-12-7-6-11-30(31)37-32(41)18-13-25-19-21-40(24-25)47(44,45)29-16-14-26(15-17-29)27-9-8-10-28(23-27)33(42)36-20-22-39(4)5/h6-19,21,23-24H,20,22H2,1-5H3,(H,36,42)(H,37,41)(H,38,43). The van der Waals surface area contributed by atoms with Crippen molar-refractivity contribution in [2.45, 2.75) is 31.3 Å². The fourth-order valence-electron chi connectivity index (χ4n) is 4.38. The van der Waals surface area contributed by atoms with Gasteiger partial charge in [-0.25, -0.2) is 17.2 Å². The van der Waals surface area contributed by atoms with Gasteiger partial charge in [0.1, 0.15) is 5.60 Å². The van der Waals surface area contributed by atoms with Crippen molar-refractivity contribution >= 4 is 45.4 Å². The molecule has 0 radical (unpaired) electrons. The third kappa shape index (κ3) is 9.89. The van der Waals surface area contributed by atoms with E-state index in [4.69, 9.17) is 4.74 Å². The summed E-state index contributed by atoms with van der Waals surface area (Å²) in [5, 5.41) is 8.22. The summed E-state index contributed by atoms with van der Waals surface area (Å²) in [7, 11) is -0.0449. The van der Waals surface area contributed by atoms with E-state index < -0.39 is 27.6 Å². The Labute approximate surface area is 275 Å². The molecular formula is C35H39N5O6S. The first-order chi connectivity index (χ1) is 22.2. The van der Waals surface area contributed by atoms with E-state index in [-0.39, 0.29) is 10.8 Å². The Bertz CT molecular complexity index is 1870. The normalized spacial score (nSPS) is 11.8. The molecule has 0 bridgehead atoms. The number of para-hydroxylation sites is 2. The molecule has 0 unspecified atom stereocenters. The number of rotatable bonds is 11. The number of hydrogen-bond donors (Lipinski definition) is 3. The van der Waals surface area contributed by atoms with Gasteiger partial charge in [0.25, 0.3) is 15.9 Å². The zero-order chi connectivity index (χ0) is 34.2. The van der Waals surface area contributed by atoms with Crippen LogP contribution in [0.4, 0.5) is 16.2 Å². The minimum absolute atomic E-state index is 0.0804. The highest BCUT2D eigenvalue weighted by Gasteiger charge is 2.19. The first-order valence-electron chi connectivity index (χ1n) is 14.9. The average Bonchev–Trinajstić information content (AvgIpc) is 3.50. The zero-order valence-corrected chi connectivity index (χ0v) is 27.8. The smallest absolute Gasteiger partial charge is 0.412 e. The predicted molar refractivity (Wildman–Crippen MR) is 184 cm³/mol. The first-order valence-corrected chi connectivity index (χ1v) is 16.3. The number of likely N-dealkylation sites (N-methyl/N-ethyl adjacent to an activating group) is 1. The van der Waals surface area contributed by atoms with Crippen LogP contribution in [0.15, 0.2) is 102 Å². The molecule has 0 aliphatic heterocycles. The summed E-state index contributed by atoms with van der Waals surface area (Å²) >= 11 is 0. The Morgan fingerprint density at radius 1 is 0.872 bits per heavy atom. The van der Waals surface area contributed by atoms with Crippen molar-refractivity contribution in [1.29, 1.82) is 0 Å². The SMILES string of the molecule is CN(C)CCNC(=O)c1cccc(-c2ccc(S(=O)(=O)n3ccc(C=CC(=O)Nc4ccccc4NC(=O)OC(C)(C)C)c3)cc2)c1. The number of carbonyl (C=O) groups excluding carboxylic acids is 3. The highest BCUT2D eigenvalue weighted by molar-refractivity contribution is 7.90. The molecule has 0 saturated carbocycles. The molecule has 246 valence electrons. The van der Waals surface area contributed by atoms with Crippen LogP contribution in [0.3, 0.4) is 0 Å². The second-order valence-corrected chi connectivity index (χ2v) is 13.8. The molecule has 0 spiro atoms. The van der Waals surface area contributed by atoms with Crippen molar-refractivity contribution in [1.82, 2.24) is 14.2 Å². The van der Waals surface area contributed by atoms with Crippen molar-refractivity contribution in [2.24, 2.45) is 0 Å². The molecule has 0 saturated heterocycles. The van der Waals surface area contributed by atoms with E-state index in [2.05, 4.69) is 16.0 Å². The second kappa shape index (κ2) is 14.9. The summed E-state index contributed by atoms with van der Waals surface area (Å²) in [5.41, 5.74) is 2.59. The summed E-state index contributed by atoms with van der Waals surface area (Å²) in [6.07, 6.45) is 4.90. The van der Waals surface area contributed by atoms with Gasteiger partial charge >= 0.3 is 6.09 Å². The summed E-state index contributed by atoms with van der Waals surface area (Å²) in [6.45, 7) is 6.49. The van der Waals surface area contributed by atoms with Gasteiger partial charge in [-0.1, -0.05) is 36.4 Å². The van der Waals surface area contributed by atoms with Crippen LogP contribution in [0.1, 0.15) is 36.7 Å². The van der Waals surface area contributed by atoms with Crippen LogP contribution in [0.2, 0.25) is 0 Å². The van der Waals surface area contributed by atoms with E-state index in [1.807, 2.05) is 25.1 Å². The molecule has 12 heteroatoms. The second-order valence-electron chi connectivity index (χ2n) is 11.9. The number of anilines is 2. The fourth-order valence-corrected chi connectivity index (χ4v) is 5.58. The van der Waals surface area contributed by atoms with Crippen molar-refractivity contribution in [3.63, 3.8) is 0 Å². The molecule has 1 aromatic heterocycles. The van der Waals surface area contributed by atoms with Gasteiger partial charge in [-0.2, -0.15) is 0 Å². The van der Waals surface area contributed by atoms with Crippen molar-refractivity contribution in [2.75, 3.05) is 37.8 Å². The molecule has 47 heavy (non-hydrogen) atoms. The molecule has 4 aromatic rings. The van der Waals surface area contributed by atoms with Gasteiger partial charge < -0.3 is 20.3 Å². The van der Waals surface area contributed by atoms with Crippen LogP contribution in [0, 0.1) is 0 Å². The minimum Gasteiger partial charge on any atom is -0.444 e. The maximum absolute atomic E-state index is 13.3. The largest absolute Gasteiger partial charge is 0.444 e. The maximum Gasteiger partial charge on any atom is 0.412 e. The Morgan fingerprint density at radius 3 is 2.21 bits per heavy atom. The van der Waals surface area contributed by atoms with Crippen LogP contribution in [-0.2, 0) is 19.6 Å². The lowest BCUT2D eigenvalue weighted by Gasteiger charge is -2.20. The van der Waals surface area contributed by atoms with E-state index >= 15 is 0 Å². The monoisotopic (exact) mass is 657 g/mol. The molecule has 4 rings (SSSR count). The first kappa shape index (κ1) is 34.7. The van der Waals surface area contributed by atoms with Crippen molar-refractivity contribution in [3.8, 4) is 11.1 Å².